The van der Waals surface area contributed by atoms with Crippen LogP contribution in [0, 0.1) is 27.7 Å². The highest BCUT2D eigenvalue weighted by molar-refractivity contribution is 7.18. The van der Waals surface area contributed by atoms with Gasteiger partial charge in [-0.3, -0.25) is 0 Å². The Kier molecular flexibility index (Phi) is 13.2. The van der Waals surface area contributed by atoms with Crippen molar-refractivity contribution in [2.24, 2.45) is 0 Å². The molecule has 2 heterocycles. The minimum Gasteiger partial charge on any atom is -0.477 e. The van der Waals surface area contributed by atoms with Gasteiger partial charge in [-0.2, -0.15) is 0 Å². The predicted octanol–water partition coefficient (Wildman–Crippen LogP) is 5.61. The number of anilines is 1. The maximum Gasteiger partial charge on any atom is 0.348 e. The number of nitrogens with one attached hydrogen (secondary N) is 1. The van der Waals surface area contributed by atoms with Crippen LogP contribution in [0.3, 0.4) is 0 Å². The summed E-state index contributed by atoms with van der Waals surface area (Å²) in [5.41, 5.74) is 5.59. The summed E-state index contributed by atoms with van der Waals surface area (Å²) in [6, 6.07) is 8.32. The average Bonchev–Trinajstić information content (AvgIpc) is 3.34. The SMILES string of the molecule is C=O.CNc1cc(-c2csc(C)n2)sc1C(=O)O.COC.Cc1ccc(C)c(C)c1. The molecule has 6 nitrogen and oxygen atoms in total. The molecule has 0 saturated carbocycles. The van der Waals surface area contributed by atoms with Gasteiger partial charge in [0, 0.05) is 26.6 Å². The third-order valence-electron chi connectivity index (χ3n) is 3.73. The number of ether oxygens (including phenoxy) is 1. The van der Waals surface area contributed by atoms with Crippen LogP contribution in [0.2, 0.25) is 0 Å². The largest absolute Gasteiger partial charge is 0.477 e. The number of thiophene rings is 1. The number of aromatic nitrogens is 1. The first kappa shape index (κ1) is 27.5. The fourth-order valence-corrected chi connectivity index (χ4v) is 3.88. The first-order chi connectivity index (χ1) is 14.2. The number of hydrogen-bond acceptors (Lipinski definition) is 7. The van der Waals surface area contributed by atoms with Crippen molar-refractivity contribution < 1.29 is 19.4 Å². The van der Waals surface area contributed by atoms with E-state index in [9.17, 15) is 4.79 Å². The monoisotopic (exact) mass is 450 g/mol. The van der Waals surface area contributed by atoms with Gasteiger partial charge in [0.2, 0.25) is 0 Å². The minimum absolute atomic E-state index is 0.322. The molecule has 0 saturated heterocycles. The number of carbonyl (C=O) groups is 2. The van der Waals surface area contributed by atoms with Crippen LogP contribution < -0.4 is 5.32 Å². The van der Waals surface area contributed by atoms with E-state index in [2.05, 4.69) is 54.0 Å². The lowest BCUT2D eigenvalue weighted by Gasteiger charge is -1.98. The Labute approximate surface area is 186 Å². The van der Waals surface area contributed by atoms with E-state index in [-0.39, 0.29) is 0 Å². The Hall–Kier alpha value is -2.55. The topological polar surface area (TPSA) is 88.5 Å². The molecule has 30 heavy (non-hydrogen) atoms. The fourth-order valence-electron chi connectivity index (χ4n) is 2.23. The van der Waals surface area contributed by atoms with Gasteiger partial charge in [-0.15, -0.1) is 22.7 Å². The molecule has 164 valence electrons. The number of rotatable bonds is 3. The normalized spacial score (nSPS) is 9.17. The van der Waals surface area contributed by atoms with Gasteiger partial charge in [0.15, 0.2) is 0 Å². The van der Waals surface area contributed by atoms with Crippen molar-refractivity contribution in [3.05, 3.63) is 56.2 Å². The van der Waals surface area contributed by atoms with Crippen molar-refractivity contribution in [3.8, 4) is 10.6 Å². The summed E-state index contributed by atoms with van der Waals surface area (Å²) < 4.78 is 4.25. The summed E-state index contributed by atoms with van der Waals surface area (Å²) in [7, 11) is 4.96. The summed E-state index contributed by atoms with van der Waals surface area (Å²) in [4.78, 5) is 24.5. The summed E-state index contributed by atoms with van der Waals surface area (Å²) >= 11 is 2.80. The number of aryl methyl sites for hydroxylation is 4. The van der Waals surface area contributed by atoms with Crippen molar-refractivity contribution in [3.63, 3.8) is 0 Å². The van der Waals surface area contributed by atoms with E-state index in [1.165, 1.54) is 28.0 Å². The van der Waals surface area contributed by atoms with Crippen LogP contribution in [0.5, 0.6) is 0 Å². The third-order valence-corrected chi connectivity index (χ3v) is 5.65. The van der Waals surface area contributed by atoms with Crippen molar-refractivity contribution >= 4 is 41.1 Å². The number of methoxy groups -OCH3 is 1. The van der Waals surface area contributed by atoms with E-state index >= 15 is 0 Å². The zero-order valence-electron chi connectivity index (χ0n) is 18.5. The Morgan fingerprint density at radius 1 is 1.10 bits per heavy atom. The lowest BCUT2D eigenvalue weighted by Crippen LogP contribution is -1.97. The molecule has 0 amide bonds. The zero-order valence-corrected chi connectivity index (χ0v) is 20.2. The maximum absolute atomic E-state index is 11.0. The van der Waals surface area contributed by atoms with Crippen LogP contribution >= 0.6 is 22.7 Å². The van der Waals surface area contributed by atoms with Crippen LogP contribution in [0.15, 0.2) is 29.6 Å². The number of thiazole rings is 1. The highest BCUT2D eigenvalue weighted by Crippen LogP contribution is 2.34. The fraction of sp³-hybridized carbons (Fsp3) is 0.318. The molecule has 0 fully saturated rings. The predicted molar refractivity (Wildman–Crippen MR) is 127 cm³/mol. The van der Waals surface area contributed by atoms with Crippen molar-refractivity contribution in [2.45, 2.75) is 27.7 Å². The van der Waals surface area contributed by atoms with Crippen LogP contribution in [-0.4, -0.2) is 44.1 Å². The molecular weight excluding hydrogens is 420 g/mol. The molecule has 0 unspecified atom stereocenters. The molecule has 3 aromatic rings. The number of hydrogen-bond donors (Lipinski definition) is 2. The molecule has 0 radical (unpaired) electrons. The van der Waals surface area contributed by atoms with E-state index in [1.54, 1.807) is 32.6 Å². The van der Waals surface area contributed by atoms with Gasteiger partial charge in [-0.05, 0) is 44.9 Å². The maximum atomic E-state index is 11.0. The molecular formula is C22H30N2O4S2. The minimum atomic E-state index is -0.910. The first-order valence-electron chi connectivity index (χ1n) is 8.93. The van der Waals surface area contributed by atoms with Gasteiger partial charge >= 0.3 is 5.97 Å². The number of benzene rings is 1. The lowest BCUT2D eigenvalue weighted by atomic mass is 10.1. The van der Waals surface area contributed by atoms with Crippen LogP contribution in [0.25, 0.3) is 10.6 Å². The smallest absolute Gasteiger partial charge is 0.348 e. The van der Waals surface area contributed by atoms with E-state index in [0.717, 1.165) is 15.6 Å². The van der Waals surface area contributed by atoms with Gasteiger partial charge in [0.1, 0.15) is 11.7 Å². The highest BCUT2D eigenvalue weighted by Gasteiger charge is 2.16. The molecule has 0 spiro atoms. The van der Waals surface area contributed by atoms with Crippen molar-refractivity contribution in [1.82, 2.24) is 4.98 Å². The summed E-state index contributed by atoms with van der Waals surface area (Å²) in [6.07, 6.45) is 0. The van der Waals surface area contributed by atoms with Gasteiger partial charge in [0.25, 0.3) is 0 Å². The van der Waals surface area contributed by atoms with Gasteiger partial charge in [-0.25, -0.2) is 9.78 Å². The summed E-state index contributed by atoms with van der Waals surface area (Å²) in [5, 5.41) is 14.8. The number of nitrogens with zero attached hydrogens (tertiary/aromatic N) is 1. The molecule has 1 aromatic carbocycles. The number of aromatic carboxylic acids is 1. The molecule has 0 aliphatic heterocycles. The molecule has 2 aromatic heterocycles. The van der Waals surface area contributed by atoms with Crippen molar-refractivity contribution in [2.75, 3.05) is 26.6 Å². The van der Waals surface area contributed by atoms with Crippen LogP contribution in [0.1, 0.15) is 31.4 Å². The molecule has 0 atom stereocenters. The Balaban J connectivity index is 0.000000508. The Bertz CT molecular complexity index is 920. The second-order valence-corrected chi connectivity index (χ2v) is 8.27. The lowest BCUT2D eigenvalue weighted by molar-refractivity contribution is -0.0980. The van der Waals surface area contributed by atoms with E-state index in [4.69, 9.17) is 9.90 Å². The standard InChI is InChI=1S/C10H10N2O2S2.C9H12.C2H6O.CH2O/c1-5-12-7(4-15-5)8-3-6(11-2)9(16-8)10(13)14;1-7-4-5-8(2)9(3)6-7;1-3-2;1-2/h3-4,11H,1-2H3,(H,13,14);4-6H,1-3H3;1-2H3;1H2. The van der Waals surface area contributed by atoms with E-state index in [0.29, 0.717) is 10.6 Å². The Morgan fingerprint density at radius 2 is 1.70 bits per heavy atom. The van der Waals surface area contributed by atoms with Gasteiger partial charge in [0.05, 0.1) is 21.3 Å². The summed E-state index contributed by atoms with van der Waals surface area (Å²) in [5.74, 6) is -0.910. The van der Waals surface area contributed by atoms with Crippen LogP contribution in [0.4, 0.5) is 5.69 Å². The van der Waals surface area contributed by atoms with E-state index in [1.807, 2.05) is 25.2 Å². The molecule has 8 heteroatoms. The Morgan fingerprint density at radius 3 is 2.07 bits per heavy atom. The van der Waals surface area contributed by atoms with Crippen molar-refractivity contribution in [1.29, 1.82) is 0 Å². The van der Waals surface area contributed by atoms with Gasteiger partial charge in [-0.1, -0.05) is 23.8 Å². The van der Waals surface area contributed by atoms with E-state index < -0.39 is 5.97 Å². The summed E-state index contributed by atoms with van der Waals surface area (Å²) in [6.45, 7) is 10.3. The molecule has 0 bridgehead atoms. The molecule has 0 aliphatic rings. The number of carboxylic acids is 1. The quantitative estimate of drug-likeness (QED) is 0.539. The average molecular weight is 451 g/mol. The second kappa shape index (κ2) is 14.4. The second-order valence-electron chi connectivity index (χ2n) is 6.16. The zero-order chi connectivity index (χ0) is 23.3. The first-order valence-corrected chi connectivity index (χ1v) is 10.6. The molecule has 3 rings (SSSR count). The number of carboxylic acid groups (broad SMARTS) is 1. The molecule has 2 N–H and O–H groups in total. The van der Waals surface area contributed by atoms with Crippen LogP contribution in [-0.2, 0) is 9.53 Å². The molecule has 0 aliphatic carbocycles. The van der Waals surface area contributed by atoms with Gasteiger partial charge < -0.3 is 20.0 Å². The number of carbonyl (C=O) groups excluding carboxylic acids is 1. The highest BCUT2D eigenvalue weighted by atomic mass is 32.1. The third kappa shape index (κ3) is 8.86.